The summed E-state index contributed by atoms with van der Waals surface area (Å²) in [6, 6.07) is 0.219. The van der Waals surface area contributed by atoms with E-state index < -0.39 is 5.56 Å². The first kappa shape index (κ1) is 16.3. The van der Waals surface area contributed by atoms with Gasteiger partial charge >= 0.3 is 5.69 Å². The van der Waals surface area contributed by atoms with Crippen LogP contribution in [0.15, 0.2) is 21.9 Å². The van der Waals surface area contributed by atoms with Crippen molar-refractivity contribution < 1.29 is 4.79 Å². The molecule has 1 aromatic rings. The van der Waals surface area contributed by atoms with Crippen molar-refractivity contribution in [2.75, 3.05) is 0 Å². The number of hydrogen-bond donors (Lipinski definition) is 1. The van der Waals surface area contributed by atoms with E-state index in [1.54, 1.807) is 7.05 Å². The van der Waals surface area contributed by atoms with E-state index in [1.807, 2.05) is 0 Å². The molecule has 22 heavy (non-hydrogen) atoms. The Bertz CT molecular complexity index is 692. The molecule has 1 saturated carbocycles. The summed E-state index contributed by atoms with van der Waals surface area (Å²) in [5, 5.41) is 2.97. The second kappa shape index (κ2) is 6.77. The third-order valence-corrected chi connectivity index (χ3v) is 4.25. The topological polar surface area (TPSA) is 73.1 Å². The first-order chi connectivity index (χ1) is 10.4. The summed E-state index contributed by atoms with van der Waals surface area (Å²) in [4.78, 5) is 35.5. The zero-order valence-corrected chi connectivity index (χ0v) is 13.3. The van der Waals surface area contributed by atoms with Crippen molar-refractivity contribution in [1.29, 1.82) is 0 Å². The lowest BCUT2D eigenvalue weighted by Crippen LogP contribution is -2.38. The lowest BCUT2D eigenvalue weighted by Gasteiger charge is -2.26. The highest BCUT2D eigenvalue weighted by Crippen LogP contribution is 2.23. The molecule has 0 atom stereocenters. The molecule has 1 heterocycles. The molecule has 1 aromatic heterocycles. The Morgan fingerprint density at radius 3 is 2.50 bits per heavy atom. The fourth-order valence-electron chi connectivity index (χ4n) is 2.77. The third kappa shape index (κ3) is 3.75. The van der Waals surface area contributed by atoms with Crippen LogP contribution in [0.1, 0.15) is 38.2 Å². The minimum Gasteiger partial charge on any atom is -0.350 e. The van der Waals surface area contributed by atoms with Crippen LogP contribution in [0.3, 0.4) is 0 Å². The minimum absolute atomic E-state index is 0.199. The molecule has 0 saturated heterocycles. The van der Waals surface area contributed by atoms with Crippen molar-refractivity contribution in [3.8, 4) is 0 Å². The van der Waals surface area contributed by atoms with Gasteiger partial charge < -0.3 is 9.88 Å². The molecule has 0 radical (unpaired) electrons. The van der Waals surface area contributed by atoms with E-state index in [2.05, 4.69) is 12.2 Å². The van der Waals surface area contributed by atoms with E-state index in [9.17, 15) is 14.4 Å². The molecule has 1 amide bonds. The molecule has 120 valence electrons. The number of aromatic nitrogens is 2. The van der Waals surface area contributed by atoms with Gasteiger partial charge in [0.2, 0.25) is 5.91 Å². The maximum Gasteiger partial charge on any atom is 0.330 e. The van der Waals surface area contributed by atoms with Crippen molar-refractivity contribution in [3.05, 3.63) is 38.7 Å². The predicted octanol–water partition coefficient (Wildman–Crippen LogP) is 0.792. The van der Waals surface area contributed by atoms with E-state index in [4.69, 9.17) is 0 Å². The van der Waals surface area contributed by atoms with Gasteiger partial charge in [0, 0.05) is 32.4 Å². The fraction of sp³-hybridized carbons (Fsp3) is 0.562. The summed E-state index contributed by atoms with van der Waals surface area (Å²) < 4.78 is 2.35. The Hall–Kier alpha value is -2.11. The number of nitrogens with zero attached hydrogens (tertiary/aromatic N) is 2. The van der Waals surface area contributed by atoms with Gasteiger partial charge in [-0.3, -0.25) is 14.2 Å². The Balaban J connectivity index is 2.04. The van der Waals surface area contributed by atoms with Crippen LogP contribution in [-0.4, -0.2) is 21.1 Å². The molecule has 2 rings (SSSR count). The van der Waals surface area contributed by atoms with Gasteiger partial charge in [-0.15, -0.1) is 0 Å². The molecule has 0 unspecified atom stereocenters. The second-order valence-corrected chi connectivity index (χ2v) is 6.14. The van der Waals surface area contributed by atoms with Gasteiger partial charge in [-0.2, -0.15) is 0 Å². The first-order valence-electron chi connectivity index (χ1n) is 7.63. The number of rotatable bonds is 3. The molecule has 0 aromatic carbocycles. The summed E-state index contributed by atoms with van der Waals surface area (Å²) in [7, 11) is 2.99. The van der Waals surface area contributed by atoms with Crippen molar-refractivity contribution in [2.45, 2.75) is 38.6 Å². The van der Waals surface area contributed by atoms with Crippen molar-refractivity contribution in [3.63, 3.8) is 0 Å². The molecule has 0 aliphatic heterocycles. The first-order valence-corrected chi connectivity index (χ1v) is 7.63. The Kier molecular flexibility index (Phi) is 5.00. The summed E-state index contributed by atoms with van der Waals surface area (Å²) in [6.45, 7) is 2.23. The van der Waals surface area contributed by atoms with Crippen molar-refractivity contribution >= 4 is 12.0 Å². The number of amides is 1. The molecule has 1 fully saturated rings. The van der Waals surface area contributed by atoms with E-state index >= 15 is 0 Å². The summed E-state index contributed by atoms with van der Waals surface area (Å²) in [5.74, 6) is 0.535. The SMILES string of the molecule is CC1CCC(NC(=O)/C=C/c2cn(C)c(=O)n(C)c2=O)CC1. The average molecular weight is 305 g/mol. The van der Waals surface area contributed by atoms with Gasteiger partial charge in [0.1, 0.15) is 0 Å². The molecule has 6 nitrogen and oxygen atoms in total. The number of nitrogens with one attached hydrogen (secondary N) is 1. The number of carbonyl (C=O) groups is 1. The van der Waals surface area contributed by atoms with Gasteiger partial charge in [-0.1, -0.05) is 6.92 Å². The van der Waals surface area contributed by atoms with Crippen LogP contribution >= 0.6 is 0 Å². The third-order valence-electron chi connectivity index (χ3n) is 4.25. The Labute approximate surface area is 129 Å². The van der Waals surface area contributed by atoms with E-state index in [0.29, 0.717) is 5.56 Å². The Morgan fingerprint density at radius 1 is 1.23 bits per heavy atom. The maximum absolute atomic E-state index is 11.9. The predicted molar refractivity (Wildman–Crippen MR) is 85.5 cm³/mol. The molecule has 6 heteroatoms. The zero-order chi connectivity index (χ0) is 16.3. The van der Waals surface area contributed by atoms with Gasteiger partial charge in [0.05, 0.1) is 5.56 Å². The molecule has 0 bridgehead atoms. The smallest absolute Gasteiger partial charge is 0.330 e. The molecule has 1 aliphatic carbocycles. The average Bonchev–Trinajstić information content (AvgIpc) is 2.50. The summed E-state index contributed by atoms with van der Waals surface area (Å²) >= 11 is 0. The highest BCUT2D eigenvalue weighted by molar-refractivity contribution is 5.91. The highest BCUT2D eigenvalue weighted by atomic mass is 16.2. The van der Waals surface area contributed by atoms with Crippen LogP contribution in [0, 0.1) is 5.92 Å². The van der Waals surface area contributed by atoms with Crippen LogP contribution in [0.2, 0.25) is 0 Å². The van der Waals surface area contributed by atoms with E-state index in [-0.39, 0.29) is 17.6 Å². The van der Waals surface area contributed by atoms with Crippen LogP contribution in [-0.2, 0) is 18.9 Å². The Morgan fingerprint density at radius 2 is 1.86 bits per heavy atom. The van der Waals surface area contributed by atoms with Gasteiger partial charge in [0.25, 0.3) is 5.56 Å². The molecular weight excluding hydrogens is 282 g/mol. The normalized spacial score (nSPS) is 22.0. The lowest BCUT2D eigenvalue weighted by molar-refractivity contribution is -0.117. The number of aryl methyl sites for hydroxylation is 1. The zero-order valence-electron chi connectivity index (χ0n) is 13.3. The van der Waals surface area contributed by atoms with Crippen molar-refractivity contribution in [1.82, 2.24) is 14.5 Å². The highest BCUT2D eigenvalue weighted by Gasteiger charge is 2.18. The van der Waals surface area contributed by atoms with Crippen LogP contribution in [0.5, 0.6) is 0 Å². The summed E-state index contributed by atoms with van der Waals surface area (Å²) in [6.07, 6.45) is 8.54. The molecule has 0 spiro atoms. The monoisotopic (exact) mass is 305 g/mol. The van der Waals surface area contributed by atoms with E-state index in [0.717, 1.165) is 36.2 Å². The standard InChI is InChI=1S/C16H23N3O3/c1-11-4-7-13(8-5-11)17-14(20)9-6-12-10-18(2)16(22)19(3)15(12)21/h6,9-11,13H,4-5,7-8H2,1-3H3,(H,17,20)/b9-6+. The van der Waals surface area contributed by atoms with Gasteiger partial charge in [-0.25, -0.2) is 4.79 Å². The van der Waals surface area contributed by atoms with Crippen LogP contribution in [0.4, 0.5) is 0 Å². The lowest BCUT2D eigenvalue weighted by atomic mass is 9.87. The number of carbonyl (C=O) groups excluding carboxylic acids is 1. The van der Waals surface area contributed by atoms with Crippen molar-refractivity contribution in [2.24, 2.45) is 20.0 Å². The van der Waals surface area contributed by atoms with Gasteiger partial charge in [0.15, 0.2) is 0 Å². The second-order valence-electron chi connectivity index (χ2n) is 6.14. The molecular formula is C16H23N3O3. The van der Waals surface area contributed by atoms with Crippen LogP contribution < -0.4 is 16.6 Å². The quantitative estimate of drug-likeness (QED) is 0.839. The number of hydrogen-bond acceptors (Lipinski definition) is 3. The molecule has 1 aliphatic rings. The van der Waals surface area contributed by atoms with E-state index in [1.165, 1.54) is 30.0 Å². The molecule has 1 N–H and O–H groups in total. The maximum atomic E-state index is 11.9. The largest absolute Gasteiger partial charge is 0.350 e. The van der Waals surface area contributed by atoms with Crippen LogP contribution in [0.25, 0.3) is 6.08 Å². The minimum atomic E-state index is -0.404. The fourth-order valence-corrected chi connectivity index (χ4v) is 2.77. The van der Waals surface area contributed by atoms with Gasteiger partial charge in [-0.05, 0) is 37.7 Å². The summed E-state index contributed by atoms with van der Waals surface area (Å²) in [5.41, 5.74) is -0.474.